The third kappa shape index (κ3) is 2.32. The van der Waals surface area contributed by atoms with Crippen LogP contribution in [-0.2, 0) is 6.42 Å². The van der Waals surface area contributed by atoms with Crippen molar-refractivity contribution in [1.82, 2.24) is 0 Å². The summed E-state index contributed by atoms with van der Waals surface area (Å²) in [7, 11) is 0. The average molecular weight is 185 g/mol. The van der Waals surface area contributed by atoms with Crippen LogP contribution in [0.15, 0.2) is 41.4 Å². The van der Waals surface area contributed by atoms with E-state index in [-0.39, 0.29) is 0 Å². The van der Waals surface area contributed by atoms with Crippen LogP contribution in [-0.4, -0.2) is 12.3 Å². The zero-order valence-electron chi connectivity index (χ0n) is 8.53. The first kappa shape index (κ1) is 9.20. The number of hydrogen-bond donors (Lipinski definition) is 0. The van der Waals surface area contributed by atoms with Crippen LogP contribution in [0.25, 0.3) is 0 Å². The summed E-state index contributed by atoms with van der Waals surface area (Å²) in [5, 5.41) is 0. The van der Waals surface area contributed by atoms with Crippen LogP contribution in [0.5, 0.6) is 0 Å². The first-order valence-electron chi connectivity index (χ1n) is 5.10. The monoisotopic (exact) mass is 185 g/mol. The van der Waals surface area contributed by atoms with E-state index in [1.165, 1.54) is 16.8 Å². The molecule has 0 amide bonds. The molecular formula is C13H15N. The summed E-state index contributed by atoms with van der Waals surface area (Å²) < 4.78 is 0. The molecule has 1 aromatic rings. The maximum atomic E-state index is 4.48. The molecule has 72 valence electrons. The van der Waals surface area contributed by atoms with Crippen LogP contribution in [0.4, 0.5) is 0 Å². The molecule has 0 bridgehead atoms. The Morgan fingerprint density at radius 2 is 2.00 bits per heavy atom. The van der Waals surface area contributed by atoms with Crippen molar-refractivity contribution in [3.8, 4) is 0 Å². The maximum Gasteiger partial charge on any atom is 0.0427 e. The van der Waals surface area contributed by atoms with Crippen LogP contribution in [0.1, 0.15) is 17.5 Å². The Kier molecular flexibility index (Phi) is 2.78. The third-order valence-corrected chi connectivity index (χ3v) is 2.43. The minimum Gasteiger partial charge on any atom is -0.289 e. The van der Waals surface area contributed by atoms with E-state index in [2.05, 4.69) is 48.3 Å². The molecule has 1 heterocycles. The molecule has 1 aromatic carbocycles. The maximum absolute atomic E-state index is 4.48. The van der Waals surface area contributed by atoms with Gasteiger partial charge in [-0.15, -0.1) is 0 Å². The Morgan fingerprint density at radius 1 is 1.21 bits per heavy atom. The van der Waals surface area contributed by atoms with Gasteiger partial charge < -0.3 is 0 Å². The molecule has 0 saturated heterocycles. The van der Waals surface area contributed by atoms with Crippen molar-refractivity contribution >= 4 is 5.71 Å². The van der Waals surface area contributed by atoms with Crippen LogP contribution >= 0.6 is 0 Å². The number of benzene rings is 1. The van der Waals surface area contributed by atoms with Gasteiger partial charge in [0.15, 0.2) is 0 Å². The number of dihydropyridines is 1. The molecule has 0 fully saturated rings. The first-order chi connectivity index (χ1) is 6.84. The lowest BCUT2D eigenvalue weighted by atomic mass is 10.1. The van der Waals surface area contributed by atoms with E-state index < -0.39 is 0 Å². The summed E-state index contributed by atoms with van der Waals surface area (Å²) in [6.45, 7) is 3.07. The fourth-order valence-corrected chi connectivity index (χ4v) is 1.58. The van der Waals surface area contributed by atoms with Crippen molar-refractivity contribution in [3.63, 3.8) is 0 Å². The van der Waals surface area contributed by atoms with E-state index in [0.717, 1.165) is 19.4 Å². The summed E-state index contributed by atoms with van der Waals surface area (Å²) in [5.74, 6) is 0. The van der Waals surface area contributed by atoms with Crippen molar-refractivity contribution in [2.75, 3.05) is 6.54 Å². The summed E-state index contributed by atoms with van der Waals surface area (Å²) in [6.07, 6.45) is 6.41. The molecule has 0 spiro atoms. The Bertz CT molecular complexity index is 357. The van der Waals surface area contributed by atoms with Gasteiger partial charge in [-0.2, -0.15) is 0 Å². The van der Waals surface area contributed by atoms with Gasteiger partial charge in [-0.05, 0) is 25.0 Å². The minimum atomic E-state index is 0.956. The summed E-state index contributed by atoms with van der Waals surface area (Å²) in [5.41, 5.74) is 3.87. The largest absolute Gasteiger partial charge is 0.289 e. The van der Waals surface area contributed by atoms with Crippen LogP contribution in [0.3, 0.4) is 0 Å². The number of rotatable bonds is 2. The second-order valence-electron chi connectivity index (χ2n) is 3.73. The predicted octanol–water partition coefficient (Wildman–Crippen LogP) is 2.94. The standard InChI is InChI=1S/C13H15N/c1-11-5-7-12(8-6-11)10-13-4-2-3-9-14-13/h2,4-8H,3,9-10H2,1H3. The average Bonchev–Trinajstić information content (AvgIpc) is 2.23. The van der Waals surface area contributed by atoms with Gasteiger partial charge in [0, 0.05) is 18.7 Å². The highest BCUT2D eigenvalue weighted by atomic mass is 14.7. The Morgan fingerprint density at radius 3 is 2.64 bits per heavy atom. The van der Waals surface area contributed by atoms with Gasteiger partial charge in [0.1, 0.15) is 0 Å². The highest BCUT2D eigenvalue weighted by Gasteiger charge is 2.00. The van der Waals surface area contributed by atoms with E-state index in [1.54, 1.807) is 0 Å². The number of allylic oxidation sites excluding steroid dienone is 1. The number of hydrogen-bond acceptors (Lipinski definition) is 1. The van der Waals surface area contributed by atoms with Crippen LogP contribution in [0, 0.1) is 6.92 Å². The van der Waals surface area contributed by atoms with Gasteiger partial charge in [0.25, 0.3) is 0 Å². The van der Waals surface area contributed by atoms with Gasteiger partial charge in [0.05, 0.1) is 0 Å². The zero-order valence-corrected chi connectivity index (χ0v) is 8.53. The predicted molar refractivity (Wildman–Crippen MR) is 60.9 cm³/mol. The first-order valence-corrected chi connectivity index (χ1v) is 5.10. The van der Waals surface area contributed by atoms with Crippen LogP contribution in [0.2, 0.25) is 0 Å². The molecule has 2 rings (SSSR count). The molecule has 0 aliphatic carbocycles. The molecule has 0 radical (unpaired) electrons. The highest BCUT2D eigenvalue weighted by Crippen LogP contribution is 2.07. The number of aliphatic imine (C=N–C) groups is 1. The van der Waals surface area contributed by atoms with Gasteiger partial charge in [-0.3, -0.25) is 4.99 Å². The van der Waals surface area contributed by atoms with E-state index in [0.29, 0.717) is 0 Å². The lowest BCUT2D eigenvalue weighted by Gasteiger charge is -2.06. The fourth-order valence-electron chi connectivity index (χ4n) is 1.58. The third-order valence-electron chi connectivity index (χ3n) is 2.43. The van der Waals surface area contributed by atoms with E-state index in [1.807, 2.05) is 0 Å². The molecule has 0 aromatic heterocycles. The zero-order chi connectivity index (χ0) is 9.80. The van der Waals surface area contributed by atoms with Gasteiger partial charge in [-0.1, -0.05) is 35.9 Å². The molecule has 1 heteroatoms. The lowest BCUT2D eigenvalue weighted by Crippen LogP contribution is -2.04. The minimum absolute atomic E-state index is 0.956. The highest BCUT2D eigenvalue weighted by molar-refractivity contribution is 5.96. The van der Waals surface area contributed by atoms with E-state index >= 15 is 0 Å². The molecule has 0 N–H and O–H groups in total. The SMILES string of the molecule is Cc1ccc(CC2=NCCC=C2)cc1. The molecule has 1 nitrogen and oxygen atoms in total. The molecule has 0 atom stereocenters. The Labute approximate surface area is 85.2 Å². The second kappa shape index (κ2) is 4.23. The second-order valence-corrected chi connectivity index (χ2v) is 3.73. The number of aryl methyl sites for hydroxylation is 1. The van der Waals surface area contributed by atoms with Crippen molar-refractivity contribution in [1.29, 1.82) is 0 Å². The fraction of sp³-hybridized carbons (Fsp3) is 0.308. The van der Waals surface area contributed by atoms with Gasteiger partial charge in [-0.25, -0.2) is 0 Å². The molecule has 14 heavy (non-hydrogen) atoms. The molecule has 0 unspecified atom stereocenters. The normalized spacial score (nSPS) is 15.4. The molecule has 0 saturated carbocycles. The molecule has 1 aliphatic heterocycles. The van der Waals surface area contributed by atoms with Crippen LogP contribution < -0.4 is 0 Å². The Balaban J connectivity index is 2.07. The van der Waals surface area contributed by atoms with Gasteiger partial charge in [0.2, 0.25) is 0 Å². The van der Waals surface area contributed by atoms with Crippen molar-refractivity contribution in [2.24, 2.45) is 4.99 Å². The van der Waals surface area contributed by atoms with Crippen molar-refractivity contribution in [3.05, 3.63) is 47.5 Å². The summed E-state index contributed by atoms with van der Waals surface area (Å²) in [4.78, 5) is 4.48. The van der Waals surface area contributed by atoms with Crippen molar-refractivity contribution in [2.45, 2.75) is 19.8 Å². The Hall–Kier alpha value is -1.37. The molecule has 1 aliphatic rings. The topological polar surface area (TPSA) is 12.4 Å². The van der Waals surface area contributed by atoms with E-state index in [9.17, 15) is 0 Å². The van der Waals surface area contributed by atoms with E-state index in [4.69, 9.17) is 0 Å². The lowest BCUT2D eigenvalue weighted by molar-refractivity contribution is 0.983. The van der Waals surface area contributed by atoms with Gasteiger partial charge >= 0.3 is 0 Å². The smallest absolute Gasteiger partial charge is 0.0427 e. The summed E-state index contributed by atoms with van der Waals surface area (Å²) >= 11 is 0. The quantitative estimate of drug-likeness (QED) is 0.671. The molecular weight excluding hydrogens is 170 g/mol. The summed E-state index contributed by atoms with van der Waals surface area (Å²) in [6, 6.07) is 8.67. The number of nitrogens with zero attached hydrogens (tertiary/aromatic N) is 1. The van der Waals surface area contributed by atoms with Crippen molar-refractivity contribution < 1.29 is 0 Å².